The van der Waals surface area contributed by atoms with Crippen molar-refractivity contribution in [1.29, 1.82) is 0 Å². The Labute approximate surface area is 125 Å². The van der Waals surface area contributed by atoms with Crippen LogP contribution < -0.4 is 15.4 Å². The average Bonchev–Trinajstić information content (AvgIpc) is 2.49. The first kappa shape index (κ1) is 15.8. The zero-order chi connectivity index (χ0) is 15.3. The molecule has 1 aromatic heterocycles. The standard InChI is InChI=1S/C14H25N5O2/c1-4-21-13-18-11(15-3)17-12(19-13)16-9-14(20)7-5-10(2)6-8-14/h10,20H,4-9H2,1-3H3,(H2,15,16,17,18,19). The molecule has 118 valence electrons. The third-order valence-electron chi connectivity index (χ3n) is 3.89. The lowest BCUT2D eigenvalue weighted by Gasteiger charge is -2.34. The summed E-state index contributed by atoms with van der Waals surface area (Å²) < 4.78 is 5.32. The molecule has 0 aliphatic heterocycles. The molecule has 0 spiro atoms. The number of hydrogen-bond acceptors (Lipinski definition) is 7. The van der Waals surface area contributed by atoms with Gasteiger partial charge in [0.05, 0.1) is 12.2 Å². The molecular weight excluding hydrogens is 270 g/mol. The van der Waals surface area contributed by atoms with E-state index in [1.165, 1.54) is 0 Å². The highest BCUT2D eigenvalue weighted by molar-refractivity contribution is 5.35. The van der Waals surface area contributed by atoms with Gasteiger partial charge in [-0.2, -0.15) is 15.0 Å². The molecule has 3 N–H and O–H groups in total. The molecule has 0 radical (unpaired) electrons. The van der Waals surface area contributed by atoms with Gasteiger partial charge in [-0.05, 0) is 38.5 Å². The monoisotopic (exact) mass is 295 g/mol. The lowest BCUT2D eigenvalue weighted by Crippen LogP contribution is -2.40. The Morgan fingerprint density at radius 1 is 1.24 bits per heavy atom. The van der Waals surface area contributed by atoms with E-state index in [0.717, 1.165) is 25.7 Å². The number of rotatable bonds is 6. The summed E-state index contributed by atoms with van der Waals surface area (Å²) in [6, 6.07) is 0.281. The van der Waals surface area contributed by atoms with E-state index in [9.17, 15) is 5.11 Å². The highest BCUT2D eigenvalue weighted by atomic mass is 16.5. The van der Waals surface area contributed by atoms with Crippen molar-refractivity contribution < 1.29 is 9.84 Å². The van der Waals surface area contributed by atoms with Gasteiger partial charge < -0.3 is 20.5 Å². The van der Waals surface area contributed by atoms with Crippen molar-refractivity contribution in [3.05, 3.63) is 0 Å². The van der Waals surface area contributed by atoms with Crippen molar-refractivity contribution in [2.75, 3.05) is 30.8 Å². The molecule has 7 heteroatoms. The Kier molecular flexibility index (Phi) is 5.17. The molecule has 0 atom stereocenters. The fraction of sp³-hybridized carbons (Fsp3) is 0.786. The van der Waals surface area contributed by atoms with Crippen molar-refractivity contribution >= 4 is 11.9 Å². The van der Waals surface area contributed by atoms with Gasteiger partial charge in [-0.3, -0.25) is 0 Å². The van der Waals surface area contributed by atoms with Gasteiger partial charge >= 0.3 is 6.01 Å². The van der Waals surface area contributed by atoms with Crippen LogP contribution in [-0.2, 0) is 0 Å². The molecule has 1 fully saturated rings. The molecule has 7 nitrogen and oxygen atoms in total. The van der Waals surface area contributed by atoms with E-state index in [4.69, 9.17) is 4.74 Å². The molecule has 1 heterocycles. The highest BCUT2D eigenvalue weighted by Crippen LogP contribution is 2.31. The Bertz CT molecular complexity index is 461. The molecule has 21 heavy (non-hydrogen) atoms. The summed E-state index contributed by atoms with van der Waals surface area (Å²) in [6.07, 6.45) is 3.73. The van der Waals surface area contributed by atoms with Gasteiger partial charge in [0.25, 0.3) is 0 Å². The first-order valence-electron chi connectivity index (χ1n) is 7.57. The van der Waals surface area contributed by atoms with Crippen molar-refractivity contribution in [2.45, 2.75) is 45.1 Å². The largest absolute Gasteiger partial charge is 0.464 e. The minimum absolute atomic E-state index is 0.281. The Balaban J connectivity index is 2.00. The SMILES string of the molecule is CCOc1nc(NC)nc(NCC2(O)CCC(C)CC2)n1. The number of aromatic nitrogens is 3. The molecule has 1 aliphatic rings. The Hall–Kier alpha value is -1.63. The number of anilines is 2. The molecule has 1 saturated carbocycles. The first-order valence-corrected chi connectivity index (χ1v) is 7.57. The third kappa shape index (κ3) is 4.42. The van der Waals surface area contributed by atoms with E-state index in [1.54, 1.807) is 7.05 Å². The van der Waals surface area contributed by atoms with E-state index in [0.29, 0.717) is 31.0 Å². The van der Waals surface area contributed by atoms with E-state index in [1.807, 2.05) is 6.92 Å². The predicted octanol–water partition coefficient (Wildman–Crippen LogP) is 1.67. The predicted molar refractivity (Wildman–Crippen MR) is 81.6 cm³/mol. The second kappa shape index (κ2) is 6.89. The summed E-state index contributed by atoms with van der Waals surface area (Å²) in [5.74, 6) is 1.56. The van der Waals surface area contributed by atoms with E-state index in [-0.39, 0.29) is 6.01 Å². The molecule has 1 aliphatic carbocycles. The summed E-state index contributed by atoms with van der Waals surface area (Å²) >= 11 is 0. The lowest BCUT2D eigenvalue weighted by molar-refractivity contribution is 0.00486. The number of hydrogen-bond donors (Lipinski definition) is 3. The highest BCUT2D eigenvalue weighted by Gasteiger charge is 2.31. The second-order valence-electron chi connectivity index (χ2n) is 5.71. The molecule has 0 aromatic carbocycles. The molecule has 0 bridgehead atoms. The molecule has 0 saturated heterocycles. The summed E-state index contributed by atoms with van der Waals surface area (Å²) in [5, 5.41) is 16.6. The van der Waals surface area contributed by atoms with Crippen molar-refractivity contribution in [1.82, 2.24) is 15.0 Å². The van der Waals surface area contributed by atoms with Crippen molar-refractivity contribution in [3.8, 4) is 6.01 Å². The molecule has 0 unspecified atom stereocenters. The van der Waals surface area contributed by atoms with Gasteiger partial charge in [0.1, 0.15) is 0 Å². The third-order valence-corrected chi connectivity index (χ3v) is 3.89. The van der Waals surface area contributed by atoms with Crippen LogP contribution in [0.15, 0.2) is 0 Å². The van der Waals surface area contributed by atoms with Gasteiger partial charge in [0.15, 0.2) is 0 Å². The molecule has 2 rings (SSSR count). The second-order valence-corrected chi connectivity index (χ2v) is 5.71. The number of nitrogens with zero attached hydrogens (tertiary/aromatic N) is 3. The zero-order valence-corrected chi connectivity index (χ0v) is 13.0. The van der Waals surface area contributed by atoms with Crippen LogP contribution in [0.25, 0.3) is 0 Å². The number of nitrogens with one attached hydrogen (secondary N) is 2. The lowest BCUT2D eigenvalue weighted by atomic mass is 9.79. The average molecular weight is 295 g/mol. The van der Waals surface area contributed by atoms with Crippen molar-refractivity contribution in [3.63, 3.8) is 0 Å². The van der Waals surface area contributed by atoms with E-state index in [2.05, 4.69) is 32.5 Å². The van der Waals surface area contributed by atoms with Crippen LogP contribution in [0.2, 0.25) is 0 Å². The quantitative estimate of drug-likeness (QED) is 0.735. The summed E-state index contributed by atoms with van der Waals surface area (Å²) in [5.41, 5.74) is -0.676. The van der Waals surface area contributed by atoms with Crippen LogP contribution in [0, 0.1) is 5.92 Å². The minimum atomic E-state index is -0.676. The van der Waals surface area contributed by atoms with Crippen LogP contribution in [-0.4, -0.2) is 45.9 Å². The fourth-order valence-corrected chi connectivity index (χ4v) is 2.46. The van der Waals surface area contributed by atoms with Crippen LogP contribution in [0.3, 0.4) is 0 Å². The van der Waals surface area contributed by atoms with Crippen LogP contribution in [0.1, 0.15) is 39.5 Å². The molecule has 1 aromatic rings. The van der Waals surface area contributed by atoms with Crippen LogP contribution in [0.5, 0.6) is 6.01 Å². The summed E-state index contributed by atoms with van der Waals surface area (Å²) in [4.78, 5) is 12.5. The maximum Gasteiger partial charge on any atom is 0.323 e. The summed E-state index contributed by atoms with van der Waals surface area (Å²) in [7, 11) is 1.74. The normalized spacial score (nSPS) is 25.4. The maximum atomic E-state index is 10.6. The topological polar surface area (TPSA) is 92.2 Å². The molecular formula is C14H25N5O2. The van der Waals surface area contributed by atoms with E-state index >= 15 is 0 Å². The number of ether oxygens (including phenoxy) is 1. The van der Waals surface area contributed by atoms with Gasteiger partial charge in [0.2, 0.25) is 11.9 Å². The van der Waals surface area contributed by atoms with Crippen LogP contribution in [0.4, 0.5) is 11.9 Å². The molecule has 0 amide bonds. The van der Waals surface area contributed by atoms with Crippen molar-refractivity contribution in [2.24, 2.45) is 5.92 Å². The first-order chi connectivity index (χ1) is 10.0. The van der Waals surface area contributed by atoms with Crippen LogP contribution >= 0.6 is 0 Å². The zero-order valence-electron chi connectivity index (χ0n) is 13.0. The Morgan fingerprint density at radius 3 is 2.52 bits per heavy atom. The smallest absolute Gasteiger partial charge is 0.323 e. The van der Waals surface area contributed by atoms with Gasteiger partial charge in [-0.25, -0.2) is 0 Å². The Morgan fingerprint density at radius 2 is 1.90 bits per heavy atom. The summed E-state index contributed by atoms with van der Waals surface area (Å²) in [6.45, 7) is 5.04. The van der Waals surface area contributed by atoms with Gasteiger partial charge in [-0.15, -0.1) is 0 Å². The minimum Gasteiger partial charge on any atom is -0.464 e. The van der Waals surface area contributed by atoms with Gasteiger partial charge in [0, 0.05) is 13.6 Å². The van der Waals surface area contributed by atoms with E-state index < -0.39 is 5.60 Å². The van der Waals surface area contributed by atoms with Gasteiger partial charge in [-0.1, -0.05) is 6.92 Å². The maximum absolute atomic E-state index is 10.6. The fourth-order valence-electron chi connectivity index (χ4n) is 2.46. The number of aliphatic hydroxyl groups is 1.